The quantitative estimate of drug-likeness (QED) is 0.608. The molecule has 1 saturated carbocycles. The number of carbonyl (C=O) groups excluding carboxylic acids is 1. The number of benzene rings is 2. The zero-order chi connectivity index (χ0) is 23.2. The van der Waals surface area contributed by atoms with Crippen LogP contribution in [0.15, 0.2) is 54.6 Å². The van der Waals surface area contributed by atoms with Gasteiger partial charge in [-0.3, -0.25) is 9.69 Å². The van der Waals surface area contributed by atoms with Crippen molar-refractivity contribution >= 4 is 28.9 Å². The topological polar surface area (TPSA) is 47.6 Å². The number of hydrogen-bond acceptors (Lipinski definition) is 3. The molecule has 1 heterocycles. The predicted molar refractivity (Wildman–Crippen MR) is 135 cm³/mol. The highest BCUT2D eigenvalue weighted by Gasteiger charge is 2.37. The van der Waals surface area contributed by atoms with E-state index in [1.165, 1.54) is 25.0 Å². The summed E-state index contributed by atoms with van der Waals surface area (Å²) in [5.41, 5.74) is 1.90. The molecule has 2 atom stereocenters. The molecule has 5 nitrogen and oxygen atoms in total. The molecule has 176 valence electrons. The molecule has 4 rings (SSSR count). The lowest BCUT2D eigenvalue weighted by Gasteiger charge is -2.41. The smallest absolute Gasteiger partial charge is 0.238 e. The second kappa shape index (κ2) is 11.1. The van der Waals surface area contributed by atoms with Gasteiger partial charge in [-0.25, -0.2) is 4.39 Å². The first-order chi connectivity index (χ1) is 16.0. The van der Waals surface area contributed by atoms with Crippen LogP contribution < -0.4 is 10.6 Å². The Labute approximate surface area is 201 Å². The average Bonchev–Trinajstić information content (AvgIpc) is 3.36. The van der Waals surface area contributed by atoms with E-state index < -0.39 is 0 Å². The fraction of sp³-hybridized carbons (Fsp3) is 0.462. The first-order valence-electron chi connectivity index (χ1n) is 11.9. The lowest BCUT2D eigenvalue weighted by atomic mass is 9.94. The molecular weight excluding hydrogens is 435 g/mol. The molecule has 2 aromatic carbocycles. The third-order valence-corrected chi connectivity index (χ3v) is 7.22. The molecule has 1 amide bonds. The van der Waals surface area contributed by atoms with Gasteiger partial charge in [0, 0.05) is 31.9 Å². The molecule has 1 saturated heterocycles. The number of carbonyl (C=O) groups is 1. The minimum Gasteiger partial charge on any atom is -0.348 e. The molecule has 2 aromatic rings. The Morgan fingerprint density at radius 1 is 1.00 bits per heavy atom. The summed E-state index contributed by atoms with van der Waals surface area (Å²) in [6, 6.07) is 16.2. The van der Waals surface area contributed by atoms with Crippen LogP contribution in [0.5, 0.6) is 0 Å². The van der Waals surface area contributed by atoms with Crippen molar-refractivity contribution in [3.05, 3.63) is 66.0 Å². The number of rotatable bonds is 6. The first-order valence-corrected chi connectivity index (χ1v) is 12.3. The number of halogens is 1. The second-order valence-electron chi connectivity index (χ2n) is 9.09. The van der Waals surface area contributed by atoms with Crippen LogP contribution in [0.2, 0.25) is 0 Å². The minimum atomic E-state index is -0.266. The first kappa shape index (κ1) is 23.6. The van der Waals surface area contributed by atoms with Crippen LogP contribution in [0, 0.1) is 11.7 Å². The van der Waals surface area contributed by atoms with Gasteiger partial charge in [0.25, 0.3) is 0 Å². The SMILES string of the molecule is C[C@@H](NC(=O)[C@@H](C1CCCC1)N1CCN(C(=S)Nc2ccc(F)cc2)CC1)c1ccccc1. The van der Waals surface area contributed by atoms with E-state index >= 15 is 0 Å². The summed E-state index contributed by atoms with van der Waals surface area (Å²) >= 11 is 5.59. The van der Waals surface area contributed by atoms with Gasteiger partial charge in [0.15, 0.2) is 5.11 Å². The molecule has 0 aromatic heterocycles. The number of thiocarbonyl (C=S) groups is 1. The van der Waals surface area contributed by atoms with Gasteiger partial charge in [0.2, 0.25) is 5.91 Å². The predicted octanol–water partition coefficient (Wildman–Crippen LogP) is 4.58. The van der Waals surface area contributed by atoms with Gasteiger partial charge in [-0.15, -0.1) is 0 Å². The van der Waals surface area contributed by atoms with Gasteiger partial charge in [-0.05, 0) is 67.7 Å². The van der Waals surface area contributed by atoms with Gasteiger partial charge in [0.05, 0.1) is 12.1 Å². The van der Waals surface area contributed by atoms with E-state index in [-0.39, 0.29) is 23.8 Å². The Balaban J connectivity index is 1.36. The van der Waals surface area contributed by atoms with E-state index in [0.29, 0.717) is 11.0 Å². The zero-order valence-electron chi connectivity index (χ0n) is 19.2. The van der Waals surface area contributed by atoms with Crippen molar-refractivity contribution in [3.63, 3.8) is 0 Å². The summed E-state index contributed by atoms with van der Waals surface area (Å²) < 4.78 is 13.2. The molecule has 2 N–H and O–H groups in total. The fourth-order valence-electron chi connectivity index (χ4n) is 5.01. The lowest BCUT2D eigenvalue weighted by molar-refractivity contribution is -0.129. The number of piperazine rings is 1. The number of anilines is 1. The van der Waals surface area contributed by atoms with Gasteiger partial charge >= 0.3 is 0 Å². The largest absolute Gasteiger partial charge is 0.348 e. The van der Waals surface area contributed by atoms with Crippen LogP contribution in [0.4, 0.5) is 10.1 Å². The summed E-state index contributed by atoms with van der Waals surface area (Å²) in [7, 11) is 0. The van der Waals surface area contributed by atoms with E-state index in [4.69, 9.17) is 12.2 Å². The molecule has 0 spiro atoms. The fourth-order valence-corrected chi connectivity index (χ4v) is 5.31. The van der Waals surface area contributed by atoms with Crippen molar-refractivity contribution < 1.29 is 9.18 Å². The maximum Gasteiger partial charge on any atom is 0.238 e. The number of nitrogens with one attached hydrogen (secondary N) is 2. The maximum absolute atomic E-state index is 13.5. The van der Waals surface area contributed by atoms with Crippen LogP contribution >= 0.6 is 12.2 Å². The molecule has 1 aliphatic carbocycles. The molecule has 33 heavy (non-hydrogen) atoms. The monoisotopic (exact) mass is 468 g/mol. The minimum absolute atomic E-state index is 0.0172. The van der Waals surface area contributed by atoms with Gasteiger partial charge in [-0.1, -0.05) is 43.2 Å². The summed E-state index contributed by atoms with van der Waals surface area (Å²) in [6.07, 6.45) is 4.63. The highest BCUT2D eigenvalue weighted by molar-refractivity contribution is 7.80. The van der Waals surface area contributed by atoms with E-state index in [2.05, 4.69) is 39.5 Å². The Hall–Kier alpha value is -2.51. The van der Waals surface area contributed by atoms with Crippen LogP contribution in [0.1, 0.15) is 44.2 Å². The van der Waals surface area contributed by atoms with E-state index in [1.54, 1.807) is 12.1 Å². The molecule has 2 aliphatic rings. The summed E-state index contributed by atoms with van der Waals surface area (Å²) in [5.74, 6) is 0.278. The second-order valence-corrected chi connectivity index (χ2v) is 9.48. The van der Waals surface area contributed by atoms with Crippen LogP contribution in [0.3, 0.4) is 0 Å². The molecule has 0 unspecified atom stereocenters. The Kier molecular flexibility index (Phi) is 7.93. The van der Waals surface area contributed by atoms with Crippen molar-refractivity contribution in [1.29, 1.82) is 0 Å². The summed E-state index contributed by atoms with van der Waals surface area (Å²) in [5, 5.41) is 7.12. The Morgan fingerprint density at radius 2 is 1.64 bits per heavy atom. The average molecular weight is 469 g/mol. The van der Waals surface area contributed by atoms with Crippen molar-refractivity contribution in [2.24, 2.45) is 5.92 Å². The third-order valence-electron chi connectivity index (χ3n) is 6.86. The number of hydrogen-bond donors (Lipinski definition) is 2. The van der Waals surface area contributed by atoms with E-state index in [1.807, 2.05) is 18.2 Å². The molecule has 2 fully saturated rings. The standard InChI is InChI=1S/C26H33FN4OS/c1-19(20-7-3-2-4-8-20)28-25(32)24(21-9-5-6-10-21)30-15-17-31(18-16-30)26(33)29-23-13-11-22(27)12-14-23/h2-4,7-8,11-14,19,21,24H,5-6,9-10,15-18H2,1H3,(H,28,32)(H,29,33)/t19-,24-/m1/s1. The zero-order valence-corrected chi connectivity index (χ0v) is 20.0. The van der Waals surface area contributed by atoms with Crippen molar-refractivity contribution in [2.75, 3.05) is 31.5 Å². The summed E-state index contributed by atoms with van der Waals surface area (Å²) in [4.78, 5) is 17.9. The van der Waals surface area contributed by atoms with Crippen LogP contribution in [-0.2, 0) is 4.79 Å². The van der Waals surface area contributed by atoms with Gasteiger partial charge < -0.3 is 15.5 Å². The normalized spacial score (nSPS) is 19.2. The van der Waals surface area contributed by atoms with E-state index in [9.17, 15) is 9.18 Å². The van der Waals surface area contributed by atoms with Crippen molar-refractivity contribution in [1.82, 2.24) is 15.1 Å². The number of nitrogens with zero attached hydrogens (tertiary/aromatic N) is 2. The highest BCUT2D eigenvalue weighted by atomic mass is 32.1. The lowest BCUT2D eigenvalue weighted by Crippen LogP contribution is -2.58. The summed E-state index contributed by atoms with van der Waals surface area (Å²) in [6.45, 7) is 5.16. The van der Waals surface area contributed by atoms with Crippen LogP contribution in [0.25, 0.3) is 0 Å². The van der Waals surface area contributed by atoms with Gasteiger partial charge in [-0.2, -0.15) is 0 Å². The molecule has 1 aliphatic heterocycles. The van der Waals surface area contributed by atoms with Crippen LogP contribution in [-0.4, -0.2) is 53.0 Å². The van der Waals surface area contributed by atoms with Crippen molar-refractivity contribution in [2.45, 2.75) is 44.7 Å². The molecule has 0 bridgehead atoms. The Morgan fingerprint density at radius 3 is 2.27 bits per heavy atom. The third kappa shape index (κ3) is 6.09. The number of amides is 1. The molecule has 0 radical (unpaired) electrons. The molecular formula is C26H33FN4OS. The van der Waals surface area contributed by atoms with Crippen molar-refractivity contribution in [3.8, 4) is 0 Å². The Bertz CT molecular complexity index is 925. The van der Waals surface area contributed by atoms with Gasteiger partial charge in [0.1, 0.15) is 5.82 Å². The highest BCUT2D eigenvalue weighted by Crippen LogP contribution is 2.31. The maximum atomic E-state index is 13.5. The van der Waals surface area contributed by atoms with E-state index in [0.717, 1.165) is 50.3 Å². The molecule has 7 heteroatoms.